The van der Waals surface area contributed by atoms with E-state index >= 15 is 0 Å². The molecular formula is C12H13N5O3. The van der Waals surface area contributed by atoms with Gasteiger partial charge in [-0.1, -0.05) is 0 Å². The topological polar surface area (TPSA) is 123 Å². The lowest BCUT2D eigenvalue weighted by molar-refractivity contribution is 0.0690. The van der Waals surface area contributed by atoms with E-state index in [4.69, 9.17) is 10.8 Å². The summed E-state index contributed by atoms with van der Waals surface area (Å²) in [4.78, 5) is 30.2. The van der Waals surface area contributed by atoms with Crippen molar-refractivity contribution in [1.29, 1.82) is 0 Å². The predicted molar refractivity (Wildman–Crippen MR) is 70.4 cm³/mol. The van der Waals surface area contributed by atoms with Crippen LogP contribution < -0.4 is 11.1 Å². The van der Waals surface area contributed by atoms with Gasteiger partial charge < -0.3 is 20.7 Å². The molecule has 0 aliphatic rings. The Morgan fingerprint density at radius 1 is 1.30 bits per heavy atom. The van der Waals surface area contributed by atoms with Crippen molar-refractivity contribution >= 4 is 17.6 Å². The van der Waals surface area contributed by atoms with Crippen molar-refractivity contribution in [3.63, 3.8) is 0 Å². The molecule has 2 rings (SSSR count). The van der Waals surface area contributed by atoms with Crippen LogP contribution in [-0.4, -0.2) is 38.1 Å². The highest BCUT2D eigenvalue weighted by atomic mass is 16.4. The van der Waals surface area contributed by atoms with Gasteiger partial charge in [-0.25, -0.2) is 14.8 Å². The smallest absolute Gasteiger partial charge is 0.354 e. The molecule has 0 radical (unpaired) electrons. The zero-order valence-corrected chi connectivity index (χ0v) is 10.5. The average Bonchev–Trinajstić information content (AvgIpc) is 2.88. The van der Waals surface area contributed by atoms with Crippen molar-refractivity contribution in [2.45, 2.75) is 6.54 Å². The third-order valence-corrected chi connectivity index (χ3v) is 2.49. The van der Waals surface area contributed by atoms with E-state index in [9.17, 15) is 9.59 Å². The number of anilines is 1. The second kappa shape index (κ2) is 5.93. The summed E-state index contributed by atoms with van der Waals surface area (Å²) in [6.45, 7) is 1.03. The van der Waals surface area contributed by atoms with E-state index < -0.39 is 11.9 Å². The Hall–Kier alpha value is -2.74. The van der Waals surface area contributed by atoms with Crippen LogP contribution in [0.4, 0.5) is 5.69 Å². The highest BCUT2D eigenvalue weighted by Gasteiger charge is 2.10. The quantitative estimate of drug-likeness (QED) is 0.715. The standard InChI is InChI=1S/C12H13N5O3/c13-3-4-17-6-10(15-7-17)11(18)16-8-1-2-9(12(19)20)14-5-8/h1-2,5-7H,3-4,13H2,(H,16,18)(H,19,20). The van der Waals surface area contributed by atoms with Crippen molar-refractivity contribution in [2.75, 3.05) is 11.9 Å². The van der Waals surface area contributed by atoms with E-state index in [1.165, 1.54) is 24.7 Å². The first kappa shape index (κ1) is 13.7. The second-order valence-electron chi connectivity index (χ2n) is 3.98. The molecule has 1 amide bonds. The SMILES string of the molecule is NCCn1cnc(C(=O)Nc2ccc(C(=O)O)nc2)c1. The molecule has 2 heterocycles. The monoisotopic (exact) mass is 275 g/mol. The number of hydrogen-bond acceptors (Lipinski definition) is 5. The number of aromatic nitrogens is 3. The zero-order chi connectivity index (χ0) is 14.5. The maximum atomic E-state index is 11.9. The summed E-state index contributed by atoms with van der Waals surface area (Å²) in [5, 5.41) is 11.3. The predicted octanol–water partition coefficient (Wildman–Crippen LogP) is 0.187. The van der Waals surface area contributed by atoms with Crippen molar-refractivity contribution in [2.24, 2.45) is 5.73 Å². The molecule has 4 N–H and O–H groups in total. The number of carboxylic acids is 1. The van der Waals surface area contributed by atoms with E-state index in [1.54, 1.807) is 10.8 Å². The molecule has 2 aromatic heterocycles. The number of nitrogens with two attached hydrogens (primary N) is 1. The third kappa shape index (κ3) is 3.18. The first-order chi connectivity index (χ1) is 9.60. The largest absolute Gasteiger partial charge is 0.477 e. The number of carbonyl (C=O) groups excluding carboxylic acids is 1. The van der Waals surface area contributed by atoms with E-state index in [1.807, 2.05) is 0 Å². The number of aromatic carboxylic acids is 1. The summed E-state index contributed by atoms with van der Waals surface area (Å²) in [6.07, 6.45) is 4.38. The normalized spacial score (nSPS) is 10.2. The molecule has 0 spiro atoms. The Bertz CT molecular complexity index is 620. The van der Waals surface area contributed by atoms with Gasteiger partial charge >= 0.3 is 5.97 Å². The number of pyridine rings is 1. The van der Waals surface area contributed by atoms with E-state index in [0.717, 1.165) is 0 Å². The number of rotatable bonds is 5. The minimum absolute atomic E-state index is 0.0878. The van der Waals surface area contributed by atoms with Gasteiger partial charge in [-0.15, -0.1) is 0 Å². The molecule has 0 aliphatic carbocycles. The van der Waals surface area contributed by atoms with Crippen LogP contribution in [0.5, 0.6) is 0 Å². The number of carbonyl (C=O) groups is 2. The molecule has 104 valence electrons. The van der Waals surface area contributed by atoms with Gasteiger partial charge in [-0.05, 0) is 12.1 Å². The van der Waals surface area contributed by atoms with Crippen molar-refractivity contribution in [1.82, 2.24) is 14.5 Å². The molecule has 0 unspecified atom stereocenters. The maximum Gasteiger partial charge on any atom is 0.354 e. The van der Waals surface area contributed by atoms with Crippen LogP contribution in [0.1, 0.15) is 21.0 Å². The van der Waals surface area contributed by atoms with Crippen LogP contribution in [-0.2, 0) is 6.54 Å². The molecule has 8 heteroatoms. The van der Waals surface area contributed by atoms with Gasteiger partial charge in [-0.3, -0.25) is 4.79 Å². The molecule has 0 saturated heterocycles. The Labute approximate surface area is 114 Å². The zero-order valence-electron chi connectivity index (χ0n) is 10.5. The van der Waals surface area contributed by atoms with Crippen LogP contribution in [0.25, 0.3) is 0 Å². The molecule has 0 atom stereocenters. The van der Waals surface area contributed by atoms with Crippen molar-refractivity contribution in [3.05, 3.63) is 42.2 Å². The molecule has 0 bridgehead atoms. The second-order valence-corrected chi connectivity index (χ2v) is 3.98. The Balaban J connectivity index is 2.04. The molecule has 2 aromatic rings. The van der Waals surface area contributed by atoms with Gasteiger partial charge in [0.2, 0.25) is 0 Å². The first-order valence-corrected chi connectivity index (χ1v) is 5.82. The lowest BCUT2D eigenvalue weighted by Gasteiger charge is -2.02. The summed E-state index contributed by atoms with van der Waals surface area (Å²) < 4.78 is 1.71. The van der Waals surface area contributed by atoms with Gasteiger partial charge in [-0.2, -0.15) is 0 Å². The third-order valence-electron chi connectivity index (χ3n) is 2.49. The van der Waals surface area contributed by atoms with Crippen LogP contribution >= 0.6 is 0 Å². The lowest BCUT2D eigenvalue weighted by atomic mass is 10.3. The molecule has 0 saturated carbocycles. The minimum Gasteiger partial charge on any atom is -0.477 e. The lowest BCUT2D eigenvalue weighted by Crippen LogP contribution is -2.13. The highest BCUT2D eigenvalue weighted by Crippen LogP contribution is 2.08. The van der Waals surface area contributed by atoms with Crippen molar-refractivity contribution in [3.8, 4) is 0 Å². The first-order valence-electron chi connectivity index (χ1n) is 5.82. The number of imidazole rings is 1. The number of hydrogen-bond donors (Lipinski definition) is 3. The summed E-state index contributed by atoms with van der Waals surface area (Å²) in [6, 6.07) is 2.77. The number of carboxylic acid groups (broad SMARTS) is 1. The molecule has 0 aliphatic heterocycles. The van der Waals surface area contributed by atoms with Gasteiger partial charge in [0.25, 0.3) is 5.91 Å². The maximum absolute atomic E-state index is 11.9. The Kier molecular flexibility index (Phi) is 4.06. The number of nitrogens with zero attached hydrogens (tertiary/aromatic N) is 3. The van der Waals surface area contributed by atoms with Crippen LogP contribution in [0.2, 0.25) is 0 Å². The van der Waals surface area contributed by atoms with Crippen LogP contribution in [0, 0.1) is 0 Å². The highest BCUT2D eigenvalue weighted by molar-refractivity contribution is 6.02. The fraction of sp³-hybridized carbons (Fsp3) is 0.167. The van der Waals surface area contributed by atoms with Gasteiger partial charge in [0.1, 0.15) is 11.4 Å². The molecule has 20 heavy (non-hydrogen) atoms. The minimum atomic E-state index is -1.12. The molecule has 0 aromatic carbocycles. The van der Waals surface area contributed by atoms with Gasteiger partial charge in [0.05, 0.1) is 18.2 Å². The fourth-order valence-corrected chi connectivity index (χ4v) is 1.54. The summed E-state index contributed by atoms with van der Waals surface area (Å²) >= 11 is 0. The summed E-state index contributed by atoms with van der Waals surface area (Å²) in [5.41, 5.74) is 5.96. The Morgan fingerprint density at radius 2 is 2.10 bits per heavy atom. The fourth-order valence-electron chi connectivity index (χ4n) is 1.54. The van der Waals surface area contributed by atoms with E-state index in [2.05, 4.69) is 15.3 Å². The summed E-state index contributed by atoms with van der Waals surface area (Å²) in [5.74, 6) is -1.52. The van der Waals surface area contributed by atoms with Crippen LogP contribution in [0.15, 0.2) is 30.9 Å². The summed E-state index contributed by atoms with van der Waals surface area (Å²) in [7, 11) is 0. The average molecular weight is 275 g/mol. The van der Waals surface area contributed by atoms with Crippen molar-refractivity contribution < 1.29 is 14.7 Å². The van der Waals surface area contributed by atoms with Gasteiger partial charge in [0.15, 0.2) is 0 Å². The molecule has 0 fully saturated rings. The van der Waals surface area contributed by atoms with E-state index in [0.29, 0.717) is 18.8 Å². The number of amides is 1. The van der Waals surface area contributed by atoms with Crippen LogP contribution in [0.3, 0.4) is 0 Å². The Morgan fingerprint density at radius 3 is 2.70 bits per heavy atom. The number of nitrogens with one attached hydrogen (secondary N) is 1. The molecular weight excluding hydrogens is 262 g/mol. The van der Waals surface area contributed by atoms with Gasteiger partial charge in [0, 0.05) is 19.3 Å². The molecule has 8 nitrogen and oxygen atoms in total. The van der Waals surface area contributed by atoms with E-state index in [-0.39, 0.29) is 11.4 Å².